The lowest BCUT2D eigenvalue weighted by Gasteiger charge is -2.34. The first kappa shape index (κ1) is 15.8. The number of aryl methyl sites for hydroxylation is 1. The molecular formula is C19H24N6O. The summed E-state index contributed by atoms with van der Waals surface area (Å²) < 4.78 is 0. The Kier molecular flexibility index (Phi) is 3.87. The van der Waals surface area contributed by atoms with Gasteiger partial charge < -0.3 is 15.2 Å². The van der Waals surface area contributed by atoms with Gasteiger partial charge in [-0.2, -0.15) is 0 Å². The second kappa shape index (κ2) is 6.37. The van der Waals surface area contributed by atoms with E-state index in [1.54, 1.807) is 12.4 Å². The van der Waals surface area contributed by atoms with E-state index < -0.39 is 0 Å². The van der Waals surface area contributed by atoms with E-state index in [9.17, 15) is 4.79 Å². The SMILES string of the molecule is O=c1[nH]ccnc1N1CCCC(Nc2nc(C3CC3)nc3c2CCC3)C1. The molecule has 3 heterocycles. The molecule has 7 heteroatoms. The van der Waals surface area contributed by atoms with E-state index in [0.29, 0.717) is 11.7 Å². The highest BCUT2D eigenvalue weighted by molar-refractivity contribution is 5.51. The molecule has 0 amide bonds. The molecule has 1 aliphatic heterocycles. The molecule has 2 aromatic heterocycles. The number of aromatic amines is 1. The lowest BCUT2D eigenvalue weighted by Crippen LogP contribution is -2.44. The predicted octanol–water partition coefficient (Wildman–Crippen LogP) is 2.01. The Hall–Kier alpha value is -2.44. The predicted molar refractivity (Wildman–Crippen MR) is 99.7 cm³/mol. The summed E-state index contributed by atoms with van der Waals surface area (Å²) in [5.74, 6) is 3.15. The fourth-order valence-electron chi connectivity index (χ4n) is 4.14. The van der Waals surface area contributed by atoms with Crippen molar-refractivity contribution in [1.82, 2.24) is 19.9 Å². The molecule has 26 heavy (non-hydrogen) atoms. The number of anilines is 2. The van der Waals surface area contributed by atoms with Gasteiger partial charge in [0.25, 0.3) is 5.56 Å². The highest BCUT2D eigenvalue weighted by Crippen LogP contribution is 2.40. The van der Waals surface area contributed by atoms with E-state index in [1.807, 2.05) is 0 Å². The lowest BCUT2D eigenvalue weighted by atomic mass is 10.1. The number of rotatable bonds is 4. The summed E-state index contributed by atoms with van der Waals surface area (Å²) in [6.07, 6.45) is 11.1. The fraction of sp³-hybridized carbons (Fsp3) is 0.579. The third-order valence-electron chi connectivity index (χ3n) is 5.64. The van der Waals surface area contributed by atoms with E-state index >= 15 is 0 Å². The average molecular weight is 352 g/mol. The Labute approximate surface area is 152 Å². The second-order valence-corrected chi connectivity index (χ2v) is 7.65. The highest BCUT2D eigenvalue weighted by Gasteiger charge is 2.31. The van der Waals surface area contributed by atoms with E-state index in [1.165, 1.54) is 30.5 Å². The second-order valence-electron chi connectivity index (χ2n) is 7.65. The van der Waals surface area contributed by atoms with E-state index in [-0.39, 0.29) is 11.6 Å². The van der Waals surface area contributed by atoms with Crippen molar-refractivity contribution in [3.8, 4) is 0 Å². The monoisotopic (exact) mass is 352 g/mol. The molecule has 136 valence electrons. The van der Waals surface area contributed by atoms with E-state index in [4.69, 9.17) is 9.97 Å². The summed E-state index contributed by atoms with van der Waals surface area (Å²) >= 11 is 0. The van der Waals surface area contributed by atoms with E-state index in [2.05, 4.69) is 20.2 Å². The normalized spacial score (nSPS) is 22.3. The van der Waals surface area contributed by atoms with Gasteiger partial charge in [0.1, 0.15) is 11.6 Å². The number of H-pyrrole nitrogens is 1. The quantitative estimate of drug-likeness (QED) is 0.875. The molecule has 7 nitrogen and oxygen atoms in total. The Morgan fingerprint density at radius 2 is 2.08 bits per heavy atom. The van der Waals surface area contributed by atoms with Crippen molar-refractivity contribution in [2.75, 3.05) is 23.3 Å². The standard InChI is InChI=1S/C19H24N6O/c26-19-18(20-8-9-21-19)25-10-2-3-13(11-25)22-17-14-4-1-5-15(14)23-16(24-17)12-6-7-12/h8-9,12-13H,1-7,10-11H2,(H,21,26)(H,22,23,24). The molecule has 0 aromatic carbocycles. The molecule has 1 saturated heterocycles. The van der Waals surface area contributed by atoms with Gasteiger partial charge >= 0.3 is 0 Å². The van der Waals surface area contributed by atoms with Crippen LogP contribution in [-0.4, -0.2) is 39.1 Å². The zero-order valence-electron chi connectivity index (χ0n) is 14.9. The summed E-state index contributed by atoms with van der Waals surface area (Å²) in [6.45, 7) is 1.64. The first-order chi connectivity index (χ1) is 12.8. The fourth-order valence-corrected chi connectivity index (χ4v) is 4.14. The van der Waals surface area contributed by atoms with Gasteiger partial charge in [-0.15, -0.1) is 0 Å². The largest absolute Gasteiger partial charge is 0.365 e. The molecule has 5 rings (SSSR count). The number of piperidine rings is 1. The highest BCUT2D eigenvalue weighted by atomic mass is 16.1. The van der Waals surface area contributed by atoms with Crippen LogP contribution in [0.3, 0.4) is 0 Å². The summed E-state index contributed by atoms with van der Waals surface area (Å²) in [4.78, 5) is 30.9. The first-order valence-corrected chi connectivity index (χ1v) is 9.73. The zero-order chi connectivity index (χ0) is 17.5. The summed E-state index contributed by atoms with van der Waals surface area (Å²) in [5, 5.41) is 3.69. The Bertz CT molecular complexity index is 875. The van der Waals surface area contributed by atoms with Gasteiger partial charge in [0.2, 0.25) is 0 Å². The maximum atomic E-state index is 12.1. The first-order valence-electron chi connectivity index (χ1n) is 9.73. The van der Waals surface area contributed by atoms with Gasteiger partial charge in [0, 0.05) is 48.7 Å². The molecule has 0 radical (unpaired) electrons. The number of hydrogen-bond acceptors (Lipinski definition) is 6. The van der Waals surface area contributed by atoms with Crippen molar-refractivity contribution < 1.29 is 0 Å². The molecule has 2 aliphatic carbocycles. The summed E-state index contributed by atoms with van der Waals surface area (Å²) in [5.41, 5.74) is 2.44. The molecule has 1 saturated carbocycles. The van der Waals surface area contributed by atoms with Crippen LogP contribution in [0.25, 0.3) is 0 Å². The van der Waals surface area contributed by atoms with Gasteiger partial charge in [0.15, 0.2) is 5.82 Å². The number of nitrogens with zero attached hydrogens (tertiary/aromatic N) is 4. The Balaban J connectivity index is 1.38. The van der Waals surface area contributed by atoms with Crippen LogP contribution in [0, 0.1) is 0 Å². The van der Waals surface area contributed by atoms with Crippen LogP contribution < -0.4 is 15.8 Å². The Morgan fingerprint density at radius 3 is 2.92 bits per heavy atom. The maximum absolute atomic E-state index is 12.1. The van der Waals surface area contributed by atoms with Crippen LogP contribution in [0.5, 0.6) is 0 Å². The molecule has 1 atom stereocenters. The third-order valence-corrected chi connectivity index (χ3v) is 5.64. The zero-order valence-corrected chi connectivity index (χ0v) is 14.9. The van der Waals surface area contributed by atoms with Crippen molar-refractivity contribution in [3.63, 3.8) is 0 Å². The van der Waals surface area contributed by atoms with Crippen molar-refractivity contribution in [2.24, 2.45) is 0 Å². The molecule has 2 fully saturated rings. The summed E-state index contributed by atoms with van der Waals surface area (Å²) in [6, 6.07) is 0.275. The van der Waals surface area contributed by atoms with Crippen molar-refractivity contribution in [2.45, 2.75) is 56.9 Å². The lowest BCUT2D eigenvalue weighted by molar-refractivity contribution is 0.523. The van der Waals surface area contributed by atoms with Crippen molar-refractivity contribution in [3.05, 3.63) is 39.8 Å². The molecular weight excluding hydrogens is 328 g/mol. The number of nitrogens with one attached hydrogen (secondary N) is 2. The third kappa shape index (κ3) is 2.95. The topological polar surface area (TPSA) is 86.8 Å². The Morgan fingerprint density at radius 1 is 1.15 bits per heavy atom. The van der Waals surface area contributed by atoms with Crippen molar-refractivity contribution in [1.29, 1.82) is 0 Å². The van der Waals surface area contributed by atoms with Gasteiger partial charge in [-0.25, -0.2) is 15.0 Å². The van der Waals surface area contributed by atoms with Gasteiger partial charge in [-0.05, 0) is 44.9 Å². The number of fused-ring (bicyclic) bond motifs is 1. The van der Waals surface area contributed by atoms with Crippen LogP contribution in [-0.2, 0) is 12.8 Å². The minimum Gasteiger partial charge on any atom is -0.365 e. The van der Waals surface area contributed by atoms with Crippen LogP contribution in [0.2, 0.25) is 0 Å². The van der Waals surface area contributed by atoms with Gasteiger partial charge in [0.05, 0.1) is 0 Å². The molecule has 1 unspecified atom stereocenters. The van der Waals surface area contributed by atoms with Crippen LogP contribution in [0.1, 0.15) is 55.1 Å². The average Bonchev–Trinajstić information content (AvgIpc) is 3.40. The molecule has 0 spiro atoms. The minimum absolute atomic E-state index is 0.118. The number of aromatic nitrogens is 4. The van der Waals surface area contributed by atoms with Gasteiger partial charge in [-0.3, -0.25) is 4.79 Å². The smallest absolute Gasteiger partial charge is 0.290 e. The van der Waals surface area contributed by atoms with Crippen LogP contribution >= 0.6 is 0 Å². The maximum Gasteiger partial charge on any atom is 0.290 e. The molecule has 2 aromatic rings. The van der Waals surface area contributed by atoms with Crippen LogP contribution in [0.4, 0.5) is 11.6 Å². The minimum atomic E-state index is -0.118. The number of hydrogen-bond donors (Lipinski definition) is 2. The van der Waals surface area contributed by atoms with E-state index in [0.717, 1.165) is 50.4 Å². The molecule has 2 N–H and O–H groups in total. The van der Waals surface area contributed by atoms with Gasteiger partial charge in [-0.1, -0.05) is 0 Å². The molecule has 3 aliphatic rings. The summed E-state index contributed by atoms with van der Waals surface area (Å²) in [7, 11) is 0. The van der Waals surface area contributed by atoms with Crippen molar-refractivity contribution >= 4 is 11.6 Å². The molecule has 0 bridgehead atoms. The van der Waals surface area contributed by atoms with Crippen LogP contribution in [0.15, 0.2) is 17.2 Å².